The Labute approximate surface area is 313 Å². The molecular formula is C44H70O5Si2. The van der Waals surface area contributed by atoms with Gasteiger partial charge in [-0.15, -0.1) is 0 Å². The van der Waals surface area contributed by atoms with Gasteiger partial charge in [-0.1, -0.05) is 153 Å². The van der Waals surface area contributed by atoms with E-state index < -0.39 is 22.7 Å². The largest absolute Gasteiger partial charge is 0.466 e. The topological polar surface area (TPSA) is 65.0 Å². The van der Waals surface area contributed by atoms with Crippen LogP contribution in [0, 0.1) is 11.8 Å². The predicted octanol–water partition coefficient (Wildman–Crippen LogP) is 10.1. The summed E-state index contributed by atoms with van der Waals surface area (Å²) in [4.78, 5) is 11.7. The Balaban J connectivity index is 2.03. The smallest absolute Gasteiger partial charge is 0.305 e. The van der Waals surface area contributed by atoms with Gasteiger partial charge < -0.3 is 18.7 Å². The van der Waals surface area contributed by atoms with Crippen LogP contribution in [-0.4, -0.2) is 52.6 Å². The Bertz CT molecular complexity index is 1320. The van der Waals surface area contributed by atoms with Crippen LogP contribution in [0.5, 0.6) is 0 Å². The third-order valence-electron chi connectivity index (χ3n) is 11.2. The van der Waals surface area contributed by atoms with E-state index in [9.17, 15) is 9.90 Å². The average molecular weight is 735 g/mol. The molecule has 0 aromatic heterocycles. The Kier molecular flexibility index (Phi) is 16.6. The minimum Gasteiger partial charge on any atom is -0.466 e. The molecule has 51 heavy (non-hydrogen) atoms. The van der Waals surface area contributed by atoms with Crippen molar-refractivity contribution < 1.29 is 23.5 Å². The van der Waals surface area contributed by atoms with Crippen LogP contribution in [0.2, 0.25) is 23.2 Å². The molecule has 1 aliphatic rings. The molecule has 1 N–H and O–H groups in total. The molecule has 3 rings (SSSR count). The number of aliphatic hydroxyl groups excluding tert-OH is 1. The number of hydrogen-bond donors (Lipinski definition) is 1. The highest BCUT2D eigenvalue weighted by atomic mass is 28.4. The first kappa shape index (κ1) is 43.1. The summed E-state index contributed by atoms with van der Waals surface area (Å²) < 4.78 is 20.3. The maximum absolute atomic E-state index is 11.7. The summed E-state index contributed by atoms with van der Waals surface area (Å²) in [7, 11) is -4.92. The standard InChI is InChI=1S/C44H70O5Si2/c1-11-13-18-30-38-39(33-32-35(45)25-19-14-15-24-31-42(46)47-12-2)41(34-40(38)48-50(9,10)43(3,4)5)49-51(44(6,7)8,36-26-20-16-21-27-36)37-28-22-17-23-29-37/h14,16-17,19-23,26-29,32-33,35,38-41,45H,11-13,15,18,24-25,30-31,34H2,1-10H3/b19-14-,33-32+/t35-,38+,39-,40+,41-/m0/s1. The number of hydrogen-bond acceptors (Lipinski definition) is 5. The van der Waals surface area contributed by atoms with Gasteiger partial charge in [-0.3, -0.25) is 4.79 Å². The second kappa shape index (κ2) is 19.7. The quantitative estimate of drug-likeness (QED) is 0.0674. The molecule has 1 saturated carbocycles. The molecular weight excluding hydrogens is 665 g/mol. The lowest BCUT2D eigenvalue weighted by atomic mass is 9.88. The number of carbonyl (C=O) groups excluding carboxylic acids is 1. The van der Waals surface area contributed by atoms with E-state index in [0.29, 0.717) is 25.4 Å². The van der Waals surface area contributed by atoms with E-state index in [1.807, 2.05) is 19.1 Å². The molecule has 0 amide bonds. The number of aliphatic hydroxyl groups is 1. The summed E-state index contributed by atoms with van der Waals surface area (Å²) in [5, 5.41) is 13.8. The van der Waals surface area contributed by atoms with Crippen molar-refractivity contribution in [2.75, 3.05) is 6.61 Å². The van der Waals surface area contributed by atoms with E-state index in [1.54, 1.807) is 0 Å². The summed E-state index contributed by atoms with van der Waals surface area (Å²) >= 11 is 0. The van der Waals surface area contributed by atoms with Crippen molar-refractivity contribution >= 4 is 33.0 Å². The number of benzene rings is 2. The van der Waals surface area contributed by atoms with Gasteiger partial charge in [0.15, 0.2) is 8.32 Å². The normalized spacial score (nSPS) is 21.1. The first-order valence-electron chi connectivity index (χ1n) is 19.7. The minimum atomic E-state index is -2.84. The zero-order valence-corrected chi connectivity index (χ0v) is 35.6. The van der Waals surface area contributed by atoms with Crippen LogP contribution in [-0.2, 0) is 18.4 Å². The first-order valence-corrected chi connectivity index (χ1v) is 24.5. The molecule has 0 saturated heterocycles. The Morgan fingerprint density at radius 3 is 1.98 bits per heavy atom. The molecule has 284 valence electrons. The van der Waals surface area contributed by atoms with Crippen LogP contribution in [0.1, 0.15) is 113 Å². The van der Waals surface area contributed by atoms with Crippen LogP contribution in [0.15, 0.2) is 85.0 Å². The summed E-state index contributed by atoms with van der Waals surface area (Å²) in [5.41, 5.74) is 0. The first-order chi connectivity index (χ1) is 24.1. The minimum absolute atomic E-state index is 0.0560. The zero-order chi connectivity index (χ0) is 37.7. The fourth-order valence-electron chi connectivity index (χ4n) is 7.38. The van der Waals surface area contributed by atoms with Crippen molar-refractivity contribution in [3.63, 3.8) is 0 Å². The van der Waals surface area contributed by atoms with Crippen molar-refractivity contribution in [1.29, 1.82) is 0 Å². The van der Waals surface area contributed by atoms with Crippen molar-refractivity contribution in [3.05, 3.63) is 85.0 Å². The van der Waals surface area contributed by atoms with E-state index >= 15 is 0 Å². The van der Waals surface area contributed by atoms with Crippen LogP contribution in [0.3, 0.4) is 0 Å². The fraction of sp³-hybridized carbons (Fsp3) is 0.614. The van der Waals surface area contributed by atoms with Crippen molar-refractivity contribution in [3.8, 4) is 0 Å². The van der Waals surface area contributed by atoms with E-state index in [2.05, 4.69) is 134 Å². The highest BCUT2D eigenvalue weighted by molar-refractivity contribution is 6.99. The molecule has 0 heterocycles. The van der Waals surface area contributed by atoms with Gasteiger partial charge in [-0.2, -0.15) is 0 Å². The molecule has 7 heteroatoms. The van der Waals surface area contributed by atoms with Gasteiger partial charge in [0.25, 0.3) is 8.32 Å². The van der Waals surface area contributed by atoms with Crippen molar-refractivity contribution in [2.24, 2.45) is 11.8 Å². The Morgan fingerprint density at radius 1 is 0.843 bits per heavy atom. The highest BCUT2D eigenvalue weighted by Crippen LogP contribution is 2.48. The predicted molar refractivity (Wildman–Crippen MR) is 220 cm³/mol. The van der Waals surface area contributed by atoms with Crippen molar-refractivity contribution in [2.45, 2.75) is 155 Å². The van der Waals surface area contributed by atoms with Crippen LogP contribution in [0.25, 0.3) is 0 Å². The van der Waals surface area contributed by atoms with E-state index in [1.165, 1.54) is 23.2 Å². The van der Waals surface area contributed by atoms with Crippen LogP contribution >= 0.6 is 0 Å². The highest BCUT2D eigenvalue weighted by Gasteiger charge is 2.55. The molecule has 0 radical (unpaired) electrons. The van der Waals surface area contributed by atoms with Crippen molar-refractivity contribution in [1.82, 2.24) is 0 Å². The number of unbranched alkanes of at least 4 members (excludes halogenated alkanes) is 3. The summed E-state index contributed by atoms with van der Waals surface area (Å²) in [6.45, 7) is 23.3. The van der Waals surface area contributed by atoms with Gasteiger partial charge in [0.05, 0.1) is 24.9 Å². The van der Waals surface area contributed by atoms with E-state index in [4.69, 9.17) is 13.6 Å². The second-order valence-electron chi connectivity index (χ2n) is 17.1. The molecule has 5 nitrogen and oxygen atoms in total. The van der Waals surface area contributed by atoms with E-state index in [-0.39, 0.29) is 34.2 Å². The molecule has 0 aliphatic heterocycles. The Morgan fingerprint density at radius 2 is 1.45 bits per heavy atom. The monoisotopic (exact) mass is 734 g/mol. The molecule has 1 aliphatic carbocycles. The Hall–Kier alpha value is -2.30. The number of rotatable bonds is 19. The van der Waals surface area contributed by atoms with Gasteiger partial charge >= 0.3 is 5.97 Å². The van der Waals surface area contributed by atoms with Gasteiger partial charge in [0.2, 0.25) is 0 Å². The van der Waals surface area contributed by atoms with Gasteiger partial charge in [0, 0.05) is 12.3 Å². The lowest BCUT2D eigenvalue weighted by molar-refractivity contribution is -0.143. The molecule has 2 aromatic carbocycles. The summed E-state index contributed by atoms with van der Waals surface area (Å²) in [5.74, 6) is 0.266. The SMILES string of the molecule is CCCCC[C@@H]1[C@H](/C=C/[C@@H](O)C/C=C\CCCC(=O)OCC)[C@@H](O[Si](c2ccccc2)(c2ccccc2)C(C)(C)C)C[C@H]1O[Si](C)(C)C(C)(C)C. The maximum Gasteiger partial charge on any atom is 0.305 e. The third kappa shape index (κ3) is 11.8. The molecule has 0 bridgehead atoms. The van der Waals surface area contributed by atoms with Crippen LogP contribution in [0.4, 0.5) is 0 Å². The van der Waals surface area contributed by atoms with Gasteiger partial charge in [-0.25, -0.2) is 0 Å². The van der Waals surface area contributed by atoms with Gasteiger partial charge in [-0.05, 0) is 78.5 Å². The second-order valence-corrected chi connectivity index (χ2v) is 26.1. The van der Waals surface area contributed by atoms with Gasteiger partial charge in [0.1, 0.15) is 0 Å². The molecule has 1 fully saturated rings. The average Bonchev–Trinajstić information content (AvgIpc) is 3.38. The molecule has 5 atom stereocenters. The lowest BCUT2D eigenvalue weighted by Gasteiger charge is -2.45. The van der Waals surface area contributed by atoms with Crippen LogP contribution < -0.4 is 10.4 Å². The van der Waals surface area contributed by atoms with E-state index in [0.717, 1.165) is 32.1 Å². The molecule has 2 aromatic rings. The maximum atomic E-state index is 11.7. The zero-order valence-electron chi connectivity index (χ0n) is 33.6. The number of ether oxygens (including phenoxy) is 1. The fourth-order valence-corrected chi connectivity index (χ4v) is 13.5. The molecule has 0 spiro atoms. The lowest BCUT2D eigenvalue weighted by Crippen LogP contribution is -2.68. The number of esters is 1. The summed E-state index contributed by atoms with van der Waals surface area (Å²) in [6.07, 6.45) is 15.8. The number of carbonyl (C=O) groups is 1. The summed E-state index contributed by atoms with van der Waals surface area (Å²) in [6, 6.07) is 21.9. The number of allylic oxidation sites excluding steroid dienone is 1. The third-order valence-corrected chi connectivity index (χ3v) is 20.7. The molecule has 0 unspecified atom stereocenters.